The molecule has 1 N–H and O–H groups in total. The minimum atomic E-state index is -4.63. The molecule has 23 heavy (non-hydrogen) atoms. The summed E-state index contributed by atoms with van der Waals surface area (Å²) in [5.41, 5.74) is 0.207. The van der Waals surface area contributed by atoms with Crippen molar-refractivity contribution < 1.29 is 18.0 Å². The van der Waals surface area contributed by atoms with Gasteiger partial charge in [-0.15, -0.1) is 0 Å². The number of carbonyl (C=O) groups is 1. The van der Waals surface area contributed by atoms with Gasteiger partial charge in [-0.2, -0.15) is 13.2 Å². The molecule has 2 aromatic rings. The predicted octanol–water partition coefficient (Wildman–Crippen LogP) is 3.66. The third kappa shape index (κ3) is 4.34. The largest absolute Gasteiger partial charge is 0.451 e. The van der Waals surface area contributed by atoms with Gasteiger partial charge in [-0.25, -0.2) is 9.97 Å². The third-order valence-corrected chi connectivity index (χ3v) is 4.13. The number of para-hydroxylation sites is 1. The van der Waals surface area contributed by atoms with E-state index in [1.807, 2.05) is 6.92 Å². The Morgan fingerprint density at radius 3 is 2.65 bits per heavy atom. The van der Waals surface area contributed by atoms with E-state index >= 15 is 0 Å². The van der Waals surface area contributed by atoms with Gasteiger partial charge in [0.15, 0.2) is 0 Å². The highest BCUT2D eigenvalue weighted by molar-refractivity contribution is 8.00. The predicted molar refractivity (Wildman–Crippen MR) is 83.2 cm³/mol. The van der Waals surface area contributed by atoms with Crippen LogP contribution in [0.2, 0.25) is 0 Å². The van der Waals surface area contributed by atoms with Gasteiger partial charge in [-0.1, -0.05) is 36.9 Å². The number of rotatable bonds is 5. The molecule has 0 saturated carbocycles. The van der Waals surface area contributed by atoms with Gasteiger partial charge in [-0.05, 0) is 19.4 Å². The molecule has 0 saturated heterocycles. The quantitative estimate of drug-likeness (QED) is 0.665. The van der Waals surface area contributed by atoms with Gasteiger partial charge in [0.05, 0.1) is 10.8 Å². The molecular formula is C15H16F3N3OS. The van der Waals surface area contributed by atoms with Crippen molar-refractivity contribution in [2.45, 2.75) is 36.7 Å². The van der Waals surface area contributed by atoms with Crippen LogP contribution in [0.5, 0.6) is 0 Å². The summed E-state index contributed by atoms with van der Waals surface area (Å²) < 4.78 is 38.8. The van der Waals surface area contributed by atoms with Gasteiger partial charge in [0.2, 0.25) is 11.7 Å². The summed E-state index contributed by atoms with van der Waals surface area (Å²) in [5, 5.41) is 2.82. The smallest absolute Gasteiger partial charge is 0.355 e. The number of hydrogen-bond acceptors (Lipinski definition) is 4. The van der Waals surface area contributed by atoms with Gasteiger partial charge >= 0.3 is 6.18 Å². The lowest BCUT2D eigenvalue weighted by atomic mass is 10.2. The topological polar surface area (TPSA) is 54.9 Å². The summed E-state index contributed by atoms with van der Waals surface area (Å²) in [7, 11) is 0. The first-order valence-electron chi connectivity index (χ1n) is 7.11. The Morgan fingerprint density at radius 1 is 1.30 bits per heavy atom. The number of aromatic nitrogens is 2. The second-order valence-electron chi connectivity index (χ2n) is 4.92. The highest BCUT2D eigenvalue weighted by atomic mass is 32.2. The summed E-state index contributed by atoms with van der Waals surface area (Å²) in [6.07, 6.45) is -3.84. The molecule has 0 aliphatic carbocycles. The van der Waals surface area contributed by atoms with E-state index in [1.165, 1.54) is 6.07 Å². The van der Waals surface area contributed by atoms with Crippen molar-refractivity contribution in [1.82, 2.24) is 15.3 Å². The Morgan fingerprint density at radius 2 is 2.00 bits per heavy atom. The van der Waals surface area contributed by atoms with Gasteiger partial charge in [0.1, 0.15) is 5.03 Å². The minimum Gasteiger partial charge on any atom is -0.355 e. The molecule has 0 bridgehead atoms. The van der Waals surface area contributed by atoms with E-state index < -0.39 is 17.3 Å². The first-order chi connectivity index (χ1) is 10.8. The number of alkyl halides is 3. The van der Waals surface area contributed by atoms with Crippen LogP contribution in [-0.2, 0) is 11.0 Å². The van der Waals surface area contributed by atoms with E-state index in [0.717, 1.165) is 18.2 Å². The molecule has 1 heterocycles. The van der Waals surface area contributed by atoms with Gasteiger partial charge in [0, 0.05) is 11.9 Å². The number of nitrogens with one attached hydrogen (secondary N) is 1. The van der Waals surface area contributed by atoms with E-state index in [0.29, 0.717) is 11.9 Å². The Hall–Kier alpha value is -1.83. The van der Waals surface area contributed by atoms with Crippen molar-refractivity contribution >= 4 is 28.6 Å². The van der Waals surface area contributed by atoms with Crippen LogP contribution in [0.25, 0.3) is 10.9 Å². The number of thioether (sulfide) groups is 1. The first-order valence-corrected chi connectivity index (χ1v) is 7.99. The maximum atomic E-state index is 12.9. The maximum absolute atomic E-state index is 12.9. The van der Waals surface area contributed by atoms with Gasteiger partial charge in [-0.3, -0.25) is 4.79 Å². The molecule has 1 aromatic heterocycles. The van der Waals surface area contributed by atoms with Crippen molar-refractivity contribution in [1.29, 1.82) is 0 Å². The van der Waals surface area contributed by atoms with Crippen LogP contribution in [-0.4, -0.2) is 27.7 Å². The lowest BCUT2D eigenvalue weighted by molar-refractivity contribution is -0.145. The zero-order valence-electron chi connectivity index (χ0n) is 12.6. The number of benzene rings is 1. The van der Waals surface area contributed by atoms with Crippen LogP contribution in [0.15, 0.2) is 29.3 Å². The lowest BCUT2D eigenvalue weighted by Crippen LogP contribution is -2.31. The summed E-state index contributed by atoms with van der Waals surface area (Å²) in [6.45, 7) is 4.09. The van der Waals surface area contributed by atoms with Gasteiger partial charge < -0.3 is 5.32 Å². The number of amides is 1. The van der Waals surface area contributed by atoms with Crippen LogP contribution in [0.1, 0.15) is 26.1 Å². The number of fused-ring (bicyclic) bond motifs is 1. The minimum absolute atomic E-state index is 0.155. The molecule has 1 amide bonds. The lowest BCUT2D eigenvalue weighted by Gasteiger charge is -2.14. The fraction of sp³-hybridized carbons (Fsp3) is 0.400. The third-order valence-electron chi connectivity index (χ3n) is 3.03. The Bertz CT molecular complexity index is 706. The number of hydrogen-bond donors (Lipinski definition) is 1. The van der Waals surface area contributed by atoms with Crippen LogP contribution >= 0.6 is 11.8 Å². The SMILES string of the molecule is CCCNC(=O)[C@H](C)Sc1nc(C(F)(F)F)nc2ccccc12. The van der Waals surface area contributed by atoms with Crippen molar-refractivity contribution in [2.24, 2.45) is 0 Å². The van der Waals surface area contributed by atoms with Crippen molar-refractivity contribution in [3.8, 4) is 0 Å². The second kappa shape index (κ2) is 7.16. The van der Waals surface area contributed by atoms with Crippen molar-refractivity contribution in [3.05, 3.63) is 30.1 Å². The van der Waals surface area contributed by atoms with E-state index in [1.54, 1.807) is 25.1 Å². The van der Waals surface area contributed by atoms with Crippen LogP contribution in [0, 0.1) is 0 Å². The normalized spacial score (nSPS) is 13.1. The Labute approximate surface area is 135 Å². The molecule has 0 spiro atoms. The molecule has 4 nitrogen and oxygen atoms in total. The van der Waals surface area contributed by atoms with E-state index in [2.05, 4.69) is 15.3 Å². The first kappa shape index (κ1) is 17.5. The molecular weight excluding hydrogens is 327 g/mol. The molecule has 0 radical (unpaired) electrons. The number of nitrogens with zero attached hydrogens (tertiary/aromatic N) is 2. The number of halogens is 3. The van der Waals surface area contributed by atoms with E-state index in [9.17, 15) is 18.0 Å². The van der Waals surface area contributed by atoms with Crippen LogP contribution in [0.3, 0.4) is 0 Å². The zero-order chi connectivity index (χ0) is 17.0. The van der Waals surface area contributed by atoms with Crippen molar-refractivity contribution in [3.63, 3.8) is 0 Å². The molecule has 0 unspecified atom stereocenters. The average molecular weight is 343 g/mol. The van der Waals surface area contributed by atoms with E-state index in [-0.39, 0.29) is 16.4 Å². The molecule has 1 atom stereocenters. The molecule has 8 heteroatoms. The zero-order valence-corrected chi connectivity index (χ0v) is 13.5. The van der Waals surface area contributed by atoms with Gasteiger partial charge in [0.25, 0.3) is 0 Å². The highest BCUT2D eigenvalue weighted by Gasteiger charge is 2.35. The number of carbonyl (C=O) groups excluding carboxylic acids is 1. The molecule has 0 fully saturated rings. The average Bonchev–Trinajstić information content (AvgIpc) is 2.51. The van der Waals surface area contributed by atoms with Crippen LogP contribution < -0.4 is 5.32 Å². The van der Waals surface area contributed by atoms with Crippen LogP contribution in [0.4, 0.5) is 13.2 Å². The molecule has 2 rings (SSSR count). The summed E-state index contributed by atoms with van der Waals surface area (Å²) in [6, 6.07) is 6.46. The fourth-order valence-corrected chi connectivity index (χ4v) is 2.84. The monoisotopic (exact) mass is 343 g/mol. The fourth-order valence-electron chi connectivity index (χ4n) is 1.88. The Kier molecular flexibility index (Phi) is 5.46. The summed E-state index contributed by atoms with van der Waals surface area (Å²) in [4.78, 5) is 19.1. The standard InChI is InChI=1S/C15H16F3N3OS/c1-3-8-19-12(22)9(2)23-13-10-6-4-5-7-11(10)20-14(21-13)15(16,17)18/h4-7,9H,3,8H2,1-2H3,(H,19,22)/t9-/m0/s1. The molecule has 0 aliphatic rings. The highest BCUT2D eigenvalue weighted by Crippen LogP contribution is 2.33. The molecule has 124 valence electrons. The summed E-state index contributed by atoms with van der Waals surface area (Å²) >= 11 is 0.999. The maximum Gasteiger partial charge on any atom is 0.451 e. The molecule has 0 aliphatic heterocycles. The van der Waals surface area contributed by atoms with Crippen molar-refractivity contribution in [2.75, 3.05) is 6.54 Å². The van der Waals surface area contributed by atoms with E-state index in [4.69, 9.17) is 0 Å². The molecule has 1 aromatic carbocycles. The second-order valence-corrected chi connectivity index (χ2v) is 6.25. The summed E-state index contributed by atoms with van der Waals surface area (Å²) in [5.74, 6) is -1.42. The Balaban J connectivity index is 2.36.